The number of carbonyl (C=O) groups is 2. The Morgan fingerprint density at radius 1 is 1.16 bits per heavy atom. The summed E-state index contributed by atoms with van der Waals surface area (Å²) in [5, 5.41) is 2.87. The van der Waals surface area contributed by atoms with Gasteiger partial charge in [-0.1, -0.05) is 43.7 Å². The average molecular weight is 447 g/mol. The van der Waals surface area contributed by atoms with Crippen LogP contribution in [-0.4, -0.2) is 42.2 Å². The number of rotatable bonds is 12. The van der Waals surface area contributed by atoms with Crippen LogP contribution in [0.15, 0.2) is 48.5 Å². The van der Waals surface area contributed by atoms with E-state index in [9.17, 15) is 14.0 Å². The molecule has 0 saturated carbocycles. The van der Waals surface area contributed by atoms with Crippen LogP contribution in [0.5, 0.6) is 5.75 Å². The van der Waals surface area contributed by atoms with E-state index in [2.05, 4.69) is 5.32 Å². The van der Waals surface area contributed by atoms with E-state index in [-0.39, 0.29) is 29.9 Å². The Morgan fingerprint density at radius 2 is 1.87 bits per heavy atom. The quantitative estimate of drug-likeness (QED) is 0.491. The molecule has 0 aromatic heterocycles. The van der Waals surface area contributed by atoms with E-state index in [4.69, 9.17) is 4.74 Å². The Kier molecular flexibility index (Phi) is 10.4. The van der Waals surface area contributed by atoms with Crippen LogP contribution < -0.4 is 10.1 Å². The maximum absolute atomic E-state index is 14.2. The minimum Gasteiger partial charge on any atom is -0.497 e. The van der Waals surface area contributed by atoms with Gasteiger partial charge in [0.1, 0.15) is 17.6 Å². The van der Waals surface area contributed by atoms with Gasteiger partial charge in [-0.2, -0.15) is 0 Å². The van der Waals surface area contributed by atoms with Crippen molar-refractivity contribution in [1.82, 2.24) is 10.2 Å². The van der Waals surface area contributed by atoms with E-state index in [1.807, 2.05) is 31.2 Å². The summed E-state index contributed by atoms with van der Waals surface area (Å²) in [6.07, 6.45) is 1.84. The first-order valence-electron chi connectivity index (χ1n) is 10.5. The van der Waals surface area contributed by atoms with Crippen LogP contribution in [0.1, 0.15) is 37.8 Å². The van der Waals surface area contributed by atoms with Crippen molar-refractivity contribution in [3.63, 3.8) is 0 Å². The SMILES string of the molecule is CCCCNC(=O)[C@H](C)N(Cc1ccccc1F)C(=O)CSCc1ccc(OC)cc1. The molecule has 168 valence electrons. The fraction of sp³-hybridized carbons (Fsp3) is 0.417. The number of ether oxygens (including phenoxy) is 1. The molecule has 2 aromatic carbocycles. The molecule has 2 aromatic rings. The lowest BCUT2D eigenvalue weighted by Crippen LogP contribution is -2.48. The Labute approximate surface area is 188 Å². The second kappa shape index (κ2) is 13.0. The number of benzene rings is 2. The summed E-state index contributed by atoms with van der Waals surface area (Å²) < 4.78 is 19.4. The van der Waals surface area contributed by atoms with Gasteiger partial charge in [-0.25, -0.2) is 4.39 Å². The third kappa shape index (κ3) is 7.90. The molecule has 0 bridgehead atoms. The van der Waals surface area contributed by atoms with Crippen molar-refractivity contribution in [3.05, 3.63) is 65.5 Å². The zero-order valence-corrected chi connectivity index (χ0v) is 19.2. The van der Waals surface area contributed by atoms with E-state index in [0.29, 0.717) is 17.9 Å². The maximum atomic E-state index is 14.2. The summed E-state index contributed by atoms with van der Waals surface area (Å²) >= 11 is 1.46. The molecule has 5 nitrogen and oxygen atoms in total. The third-order valence-corrected chi connectivity index (χ3v) is 5.94. The van der Waals surface area contributed by atoms with Gasteiger partial charge in [0.05, 0.1) is 12.9 Å². The normalized spacial score (nSPS) is 11.6. The fourth-order valence-electron chi connectivity index (χ4n) is 2.99. The molecule has 0 unspecified atom stereocenters. The highest BCUT2D eigenvalue weighted by Gasteiger charge is 2.26. The lowest BCUT2D eigenvalue weighted by Gasteiger charge is -2.29. The minimum atomic E-state index is -0.689. The lowest BCUT2D eigenvalue weighted by atomic mass is 10.1. The molecule has 2 rings (SSSR count). The van der Waals surface area contributed by atoms with Gasteiger partial charge in [-0.3, -0.25) is 9.59 Å². The molecule has 0 fully saturated rings. The molecule has 0 aliphatic heterocycles. The van der Waals surface area contributed by atoms with E-state index in [0.717, 1.165) is 24.2 Å². The Bertz CT molecular complexity index is 845. The van der Waals surface area contributed by atoms with Crippen LogP contribution in [-0.2, 0) is 21.9 Å². The van der Waals surface area contributed by atoms with Crippen molar-refractivity contribution in [1.29, 1.82) is 0 Å². The molecule has 0 aliphatic carbocycles. The number of amides is 2. The smallest absolute Gasteiger partial charge is 0.242 e. The van der Waals surface area contributed by atoms with Crippen LogP contribution in [0.25, 0.3) is 0 Å². The molecule has 1 atom stereocenters. The molecular weight excluding hydrogens is 415 g/mol. The standard InChI is InChI=1S/C24H31FN2O3S/c1-4-5-14-26-24(29)18(2)27(15-20-8-6-7-9-22(20)25)23(28)17-31-16-19-10-12-21(30-3)13-11-19/h6-13,18H,4-5,14-17H2,1-3H3,(H,26,29)/t18-/m0/s1. The summed E-state index contributed by atoms with van der Waals surface area (Å²) in [4.78, 5) is 27.0. The van der Waals surface area contributed by atoms with Crippen molar-refractivity contribution in [3.8, 4) is 5.75 Å². The van der Waals surface area contributed by atoms with Gasteiger partial charge in [-0.15, -0.1) is 11.8 Å². The molecule has 31 heavy (non-hydrogen) atoms. The van der Waals surface area contributed by atoms with Crippen LogP contribution in [0.4, 0.5) is 4.39 Å². The van der Waals surface area contributed by atoms with Gasteiger partial charge in [0, 0.05) is 24.4 Å². The lowest BCUT2D eigenvalue weighted by molar-refractivity contribution is -0.138. The van der Waals surface area contributed by atoms with Crippen molar-refractivity contribution in [2.24, 2.45) is 0 Å². The number of unbranched alkanes of at least 4 members (excludes halogenated alkanes) is 1. The minimum absolute atomic E-state index is 0.0525. The van der Waals surface area contributed by atoms with E-state index >= 15 is 0 Å². The predicted molar refractivity (Wildman–Crippen MR) is 123 cm³/mol. The van der Waals surface area contributed by atoms with Gasteiger partial charge < -0.3 is 15.0 Å². The van der Waals surface area contributed by atoms with Gasteiger partial charge >= 0.3 is 0 Å². The second-order valence-electron chi connectivity index (χ2n) is 7.27. The third-order valence-electron chi connectivity index (χ3n) is 4.95. The Hall–Kier alpha value is -2.54. The van der Waals surface area contributed by atoms with Crippen LogP contribution >= 0.6 is 11.8 Å². The number of carbonyl (C=O) groups excluding carboxylic acids is 2. The second-order valence-corrected chi connectivity index (χ2v) is 8.26. The number of nitrogens with one attached hydrogen (secondary N) is 1. The molecule has 2 amide bonds. The van der Waals surface area contributed by atoms with Gasteiger partial charge in [0.15, 0.2) is 0 Å². The van der Waals surface area contributed by atoms with Crippen molar-refractivity contribution >= 4 is 23.6 Å². The Balaban J connectivity index is 2.03. The molecular formula is C24H31FN2O3S. The highest BCUT2D eigenvalue weighted by Crippen LogP contribution is 2.19. The largest absolute Gasteiger partial charge is 0.497 e. The summed E-state index contributed by atoms with van der Waals surface area (Å²) in [5.74, 6) is 0.833. The number of hydrogen-bond acceptors (Lipinski definition) is 4. The molecule has 0 aliphatic rings. The zero-order valence-electron chi connectivity index (χ0n) is 18.4. The van der Waals surface area contributed by atoms with E-state index in [1.165, 1.54) is 22.7 Å². The molecule has 0 saturated heterocycles. The molecule has 1 N–H and O–H groups in total. The topological polar surface area (TPSA) is 58.6 Å². The highest BCUT2D eigenvalue weighted by atomic mass is 32.2. The zero-order chi connectivity index (χ0) is 22.6. The number of halogens is 1. The van der Waals surface area contributed by atoms with E-state index in [1.54, 1.807) is 32.2 Å². The van der Waals surface area contributed by atoms with Gasteiger partial charge in [-0.05, 0) is 37.1 Å². The van der Waals surface area contributed by atoms with Crippen molar-refractivity contribution < 1.29 is 18.7 Å². The first-order valence-corrected chi connectivity index (χ1v) is 11.6. The molecule has 7 heteroatoms. The predicted octanol–water partition coefficient (Wildman–Crippen LogP) is 4.40. The molecule has 0 heterocycles. The van der Waals surface area contributed by atoms with Gasteiger partial charge in [0.25, 0.3) is 0 Å². The first-order chi connectivity index (χ1) is 15.0. The van der Waals surface area contributed by atoms with Crippen LogP contribution in [0.3, 0.4) is 0 Å². The van der Waals surface area contributed by atoms with Crippen LogP contribution in [0.2, 0.25) is 0 Å². The summed E-state index contributed by atoms with van der Waals surface area (Å²) in [7, 11) is 1.62. The number of nitrogens with zero attached hydrogens (tertiary/aromatic N) is 1. The van der Waals surface area contributed by atoms with Crippen molar-refractivity contribution in [2.45, 2.75) is 45.0 Å². The van der Waals surface area contributed by atoms with Gasteiger partial charge in [0.2, 0.25) is 11.8 Å². The number of thioether (sulfide) groups is 1. The molecule has 0 spiro atoms. The number of hydrogen-bond donors (Lipinski definition) is 1. The number of methoxy groups -OCH3 is 1. The van der Waals surface area contributed by atoms with E-state index < -0.39 is 6.04 Å². The monoisotopic (exact) mass is 446 g/mol. The summed E-state index contributed by atoms with van der Waals surface area (Å²) in [6, 6.07) is 13.3. The Morgan fingerprint density at radius 3 is 2.52 bits per heavy atom. The highest BCUT2D eigenvalue weighted by molar-refractivity contribution is 7.99. The maximum Gasteiger partial charge on any atom is 0.242 e. The first kappa shape index (κ1) is 24.7. The van der Waals surface area contributed by atoms with Crippen molar-refractivity contribution in [2.75, 3.05) is 19.4 Å². The summed E-state index contributed by atoms with van der Waals surface area (Å²) in [6.45, 7) is 4.35. The summed E-state index contributed by atoms with van der Waals surface area (Å²) in [5.41, 5.74) is 1.47. The molecule has 0 radical (unpaired) electrons. The fourth-order valence-corrected chi connectivity index (χ4v) is 3.86. The van der Waals surface area contributed by atoms with Crippen LogP contribution in [0, 0.1) is 5.82 Å². The average Bonchev–Trinajstić information content (AvgIpc) is 2.78.